The van der Waals surface area contributed by atoms with E-state index in [9.17, 15) is 27.9 Å². The minimum Gasteiger partial charge on any atom is -0.444 e. The van der Waals surface area contributed by atoms with Gasteiger partial charge in [-0.25, -0.2) is 18.0 Å². The maximum atomic E-state index is 14.4. The van der Waals surface area contributed by atoms with Crippen LogP contribution < -0.4 is 10.6 Å². The number of aliphatic hydroxyl groups is 1. The lowest BCUT2D eigenvalue weighted by Crippen LogP contribution is -2.50. The number of alkyl carbamates (subject to hydrolysis) is 1. The molecule has 0 aliphatic carbocycles. The molecule has 34 heavy (non-hydrogen) atoms. The standard InChI is InChI=1S/C24H26F3N3O4/c1-24(2,3)34-23(33)29-19(12-31)22(32)28-9-8-16-17-10-15(26)11-18(27)21(17)30-20(16)13-4-6-14(25)7-5-13/h4-7,10-11,19,30-31H,8-9,12H2,1-3H3,(H,28,32)(H,29,33)/t19-/m0/s1. The number of hydrogen-bond donors (Lipinski definition) is 4. The zero-order valence-electron chi connectivity index (χ0n) is 19.0. The van der Waals surface area contributed by atoms with E-state index >= 15 is 0 Å². The molecule has 0 unspecified atom stereocenters. The summed E-state index contributed by atoms with van der Waals surface area (Å²) in [5, 5.41) is 14.7. The van der Waals surface area contributed by atoms with Gasteiger partial charge in [0.1, 0.15) is 29.1 Å². The van der Waals surface area contributed by atoms with Crippen LogP contribution in [0.25, 0.3) is 22.2 Å². The summed E-state index contributed by atoms with van der Waals surface area (Å²) in [6.07, 6.45) is -0.700. The van der Waals surface area contributed by atoms with E-state index < -0.39 is 47.7 Å². The van der Waals surface area contributed by atoms with Crippen molar-refractivity contribution >= 4 is 22.9 Å². The van der Waals surface area contributed by atoms with Crippen molar-refractivity contribution in [3.8, 4) is 11.3 Å². The Kier molecular flexibility index (Phi) is 7.51. The van der Waals surface area contributed by atoms with Crippen LogP contribution in [-0.2, 0) is 16.0 Å². The topological polar surface area (TPSA) is 103 Å². The zero-order valence-corrected chi connectivity index (χ0v) is 19.0. The first-order valence-electron chi connectivity index (χ1n) is 10.6. The molecule has 3 rings (SSSR count). The molecule has 0 aliphatic heterocycles. The SMILES string of the molecule is CC(C)(C)OC(=O)N[C@@H](CO)C(=O)NCCc1c(-c2ccc(F)cc2)[nH]c2c(F)cc(F)cc12. The number of carbonyl (C=O) groups is 2. The van der Waals surface area contributed by atoms with Gasteiger partial charge in [-0.1, -0.05) is 0 Å². The number of aliphatic hydroxyl groups excluding tert-OH is 1. The number of carbonyl (C=O) groups excluding carboxylic acids is 2. The number of nitrogens with one attached hydrogen (secondary N) is 3. The van der Waals surface area contributed by atoms with Crippen molar-refractivity contribution < 1.29 is 32.6 Å². The molecule has 10 heteroatoms. The third kappa shape index (κ3) is 6.07. The van der Waals surface area contributed by atoms with Crippen molar-refractivity contribution in [2.75, 3.05) is 13.2 Å². The predicted molar refractivity (Wildman–Crippen MR) is 121 cm³/mol. The largest absolute Gasteiger partial charge is 0.444 e. The van der Waals surface area contributed by atoms with Gasteiger partial charge in [-0.3, -0.25) is 4.79 Å². The van der Waals surface area contributed by atoms with Crippen LogP contribution in [0.2, 0.25) is 0 Å². The monoisotopic (exact) mass is 477 g/mol. The summed E-state index contributed by atoms with van der Waals surface area (Å²) in [4.78, 5) is 27.3. The highest BCUT2D eigenvalue weighted by atomic mass is 19.1. The summed E-state index contributed by atoms with van der Waals surface area (Å²) in [5.41, 5.74) is 0.831. The average Bonchev–Trinajstić information content (AvgIpc) is 3.10. The molecule has 2 aromatic carbocycles. The molecular weight excluding hydrogens is 451 g/mol. The van der Waals surface area contributed by atoms with E-state index in [-0.39, 0.29) is 23.9 Å². The van der Waals surface area contributed by atoms with Crippen LogP contribution in [0, 0.1) is 17.5 Å². The highest BCUT2D eigenvalue weighted by molar-refractivity contribution is 5.91. The van der Waals surface area contributed by atoms with Crippen LogP contribution in [0.3, 0.4) is 0 Å². The highest BCUT2D eigenvalue weighted by Crippen LogP contribution is 2.32. The number of fused-ring (bicyclic) bond motifs is 1. The fourth-order valence-electron chi connectivity index (χ4n) is 3.47. The van der Waals surface area contributed by atoms with Crippen LogP contribution in [0.15, 0.2) is 36.4 Å². The van der Waals surface area contributed by atoms with Gasteiger partial charge in [-0.15, -0.1) is 0 Å². The summed E-state index contributed by atoms with van der Waals surface area (Å²) >= 11 is 0. The maximum absolute atomic E-state index is 14.4. The van der Waals surface area contributed by atoms with Crippen molar-refractivity contribution in [3.05, 3.63) is 59.4 Å². The molecule has 7 nitrogen and oxygen atoms in total. The van der Waals surface area contributed by atoms with Gasteiger partial charge in [-0.05, 0) is 68.7 Å². The minimum absolute atomic E-state index is 0.0324. The fraction of sp³-hybridized carbons (Fsp3) is 0.333. The Balaban J connectivity index is 1.79. The summed E-state index contributed by atoms with van der Waals surface area (Å²) in [6, 6.07) is 6.19. The Hall–Kier alpha value is -3.53. The summed E-state index contributed by atoms with van der Waals surface area (Å²) in [6.45, 7) is 4.35. The van der Waals surface area contributed by atoms with E-state index in [1.807, 2.05) is 0 Å². The van der Waals surface area contributed by atoms with Gasteiger partial charge in [-0.2, -0.15) is 0 Å². The van der Waals surface area contributed by atoms with E-state index in [4.69, 9.17) is 4.74 Å². The Labute approximate surface area is 194 Å². The second-order valence-corrected chi connectivity index (χ2v) is 8.72. The number of aromatic amines is 1. The van der Waals surface area contributed by atoms with Crippen molar-refractivity contribution in [1.29, 1.82) is 0 Å². The molecule has 0 saturated carbocycles. The Morgan fingerprint density at radius 2 is 1.76 bits per heavy atom. The quantitative estimate of drug-likeness (QED) is 0.416. The van der Waals surface area contributed by atoms with Crippen LogP contribution >= 0.6 is 0 Å². The van der Waals surface area contributed by atoms with Gasteiger partial charge in [0.25, 0.3) is 0 Å². The molecule has 1 heterocycles. The molecule has 182 valence electrons. The van der Waals surface area contributed by atoms with Crippen molar-refractivity contribution in [3.63, 3.8) is 0 Å². The van der Waals surface area contributed by atoms with Gasteiger partial charge >= 0.3 is 6.09 Å². The molecule has 3 aromatic rings. The zero-order chi connectivity index (χ0) is 25.0. The van der Waals surface area contributed by atoms with Gasteiger partial charge in [0.05, 0.1) is 12.1 Å². The lowest BCUT2D eigenvalue weighted by atomic mass is 10.0. The first-order valence-corrected chi connectivity index (χ1v) is 10.6. The molecule has 0 bridgehead atoms. The molecule has 0 spiro atoms. The predicted octanol–water partition coefficient (Wildman–Crippen LogP) is 3.80. The maximum Gasteiger partial charge on any atom is 0.408 e. The third-order valence-electron chi connectivity index (χ3n) is 4.93. The van der Waals surface area contributed by atoms with Crippen LogP contribution in [0.1, 0.15) is 26.3 Å². The van der Waals surface area contributed by atoms with Gasteiger partial charge in [0.2, 0.25) is 5.91 Å². The van der Waals surface area contributed by atoms with E-state index in [2.05, 4.69) is 15.6 Å². The number of H-pyrrole nitrogens is 1. The summed E-state index contributed by atoms with van der Waals surface area (Å²) in [7, 11) is 0. The first-order chi connectivity index (χ1) is 16.0. The molecule has 0 radical (unpaired) electrons. The first kappa shape index (κ1) is 25.1. The Morgan fingerprint density at radius 3 is 2.38 bits per heavy atom. The van der Waals surface area contributed by atoms with Crippen molar-refractivity contribution in [1.82, 2.24) is 15.6 Å². The van der Waals surface area contributed by atoms with Crippen LogP contribution in [0.4, 0.5) is 18.0 Å². The number of hydrogen-bond acceptors (Lipinski definition) is 4. The lowest BCUT2D eigenvalue weighted by molar-refractivity contribution is -0.124. The van der Waals surface area contributed by atoms with Gasteiger partial charge < -0.3 is 25.5 Å². The Bertz CT molecular complexity index is 1190. The van der Waals surface area contributed by atoms with E-state index in [1.54, 1.807) is 20.8 Å². The second-order valence-electron chi connectivity index (χ2n) is 8.72. The molecule has 1 aromatic heterocycles. The van der Waals surface area contributed by atoms with Gasteiger partial charge in [0.15, 0.2) is 0 Å². The number of ether oxygens (including phenoxy) is 1. The average molecular weight is 477 g/mol. The summed E-state index contributed by atoms with van der Waals surface area (Å²) < 4.78 is 46.8. The second kappa shape index (κ2) is 10.2. The third-order valence-corrected chi connectivity index (χ3v) is 4.93. The number of rotatable bonds is 7. The molecule has 0 aliphatic rings. The lowest BCUT2D eigenvalue weighted by Gasteiger charge is -2.22. The normalized spacial score (nSPS) is 12.4. The number of halogens is 3. The molecule has 2 amide bonds. The molecule has 0 fully saturated rings. The van der Waals surface area contributed by atoms with Crippen LogP contribution in [0.5, 0.6) is 0 Å². The van der Waals surface area contributed by atoms with Crippen molar-refractivity contribution in [2.24, 2.45) is 0 Å². The molecule has 4 N–H and O–H groups in total. The van der Waals surface area contributed by atoms with Gasteiger partial charge in [0, 0.05) is 23.7 Å². The van der Waals surface area contributed by atoms with Crippen molar-refractivity contribution in [2.45, 2.75) is 38.8 Å². The number of benzene rings is 2. The Morgan fingerprint density at radius 1 is 1.09 bits per heavy atom. The summed E-state index contributed by atoms with van der Waals surface area (Å²) in [5.74, 6) is -2.65. The minimum atomic E-state index is -1.25. The van der Waals surface area contributed by atoms with E-state index in [1.165, 1.54) is 30.3 Å². The highest BCUT2D eigenvalue weighted by Gasteiger charge is 2.24. The molecule has 0 saturated heterocycles. The van der Waals surface area contributed by atoms with E-state index in [0.717, 1.165) is 6.07 Å². The van der Waals surface area contributed by atoms with Crippen LogP contribution in [-0.4, -0.2) is 46.9 Å². The van der Waals surface area contributed by atoms with E-state index in [0.29, 0.717) is 16.8 Å². The smallest absolute Gasteiger partial charge is 0.408 e. The number of aromatic nitrogens is 1. The molecule has 1 atom stereocenters. The fourth-order valence-corrected chi connectivity index (χ4v) is 3.47. The molecular formula is C24H26F3N3O4. The number of amides is 2.